The lowest BCUT2D eigenvalue weighted by Crippen LogP contribution is -2.50. The number of aryl methyl sites for hydroxylation is 2. The molecule has 3 rings (SSSR count). The van der Waals surface area contributed by atoms with Crippen LogP contribution in [0.2, 0.25) is 0 Å². The third kappa shape index (κ3) is 5.88. The quantitative estimate of drug-likeness (QED) is 0.545. The average molecular weight is 496 g/mol. The highest BCUT2D eigenvalue weighted by atomic mass is 19.3. The minimum Gasteiger partial charge on any atom is -0.489 e. The average Bonchev–Trinajstić information content (AvgIpc) is 3.18. The Hall–Kier alpha value is -3.24. The summed E-state index contributed by atoms with van der Waals surface area (Å²) in [6.45, 7) is 5.71. The first-order valence-corrected chi connectivity index (χ1v) is 11.4. The largest absolute Gasteiger partial charge is 0.489 e. The van der Waals surface area contributed by atoms with Crippen molar-refractivity contribution in [2.24, 2.45) is 5.92 Å². The van der Waals surface area contributed by atoms with Gasteiger partial charge in [-0.05, 0) is 65.5 Å². The van der Waals surface area contributed by atoms with Gasteiger partial charge in [0.25, 0.3) is 6.43 Å². The zero-order chi connectivity index (χ0) is 25.9. The van der Waals surface area contributed by atoms with Crippen LogP contribution in [0.3, 0.4) is 0 Å². The second kappa shape index (κ2) is 10.6. The van der Waals surface area contributed by atoms with Crippen LogP contribution in [0, 0.1) is 19.8 Å². The van der Waals surface area contributed by atoms with E-state index in [1.807, 2.05) is 0 Å². The van der Waals surface area contributed by atoms with Gasteiger partial charge in [-0.25, -0.2) is 18.6 Å². The third-order valence-corrected chi connectivity index (χ3v) is 6.54. The van der Waals surface area contributed by atoms with Gasteiger partial charge in [-0.2, -0.15) is 0 Å². The minimum absolute atomic E-state index is 0.201. The van der Waals surface area contributed by atoms with Gasteiger partial charge in [0.15, 0.2) is 5.76 Å². The predicted molar refractivity (Wildman–Crippen MR) is 121 cm³/mol. The molecular weight excluding hydrogens is 464 g/mol. The number of carbonyl (C=O) groups excluding carboxylic acids is 1. The van der Waals surface area contributed by atoms with Gasteiger partial charge in [-0.15, -0.1) is 0 Å². The monoisotopic (exact) mass is 495 g/mol. The van der Waals surface area contributed by atoms with Gasteiger partial charge < -0.3 is 24.0 Å². The number of carboxylic acids is 1. The van der Waals surface area contributed by atoms with Gasteiger partial charge in [0, 0.05) is 7.05 Å². The molecule has 0 bridgehead atoms. The van der Waals surface area contributed by atoms with E-state index in [9.17, 15) is 23.5 Å². The van der Waals surface area contributed by atoms with Crippen LogP contribution in [0.1, 0.15) is 56.5 Å². The Balaban J connectivity index is 1.72. The number of ether oxygens (including phenoxy) is 2. The van der Waals surface area contributed by atoms with Crippen molar-refractivity contribution >= 4 is 12.1 Å². The number of alkyl halides is 2. The molecule has 0 radical (unpaired) electrons. The molecule has 1 aliphatic rings. The summed E-state index contributed by atoms with van der Waals surface area (Å²) in [7, 11) is 1.25. The zero-order valence-electron chi connectivity index (χ0n) is 20.5. The van der Waals surface area contributed by atoms with Crippen LogP contribution in [0.15, 0.2) is 16.7 Å². The SMILES string of the molecule is Cc1nc(-c2onc(C)c2COC(=O)N(C)C(C)(C)C(F)F)ccc1O[C@H]1CCC[C@H](C(=O)O)C1. The van der Waals surface area contributed by atoms with Gasteiger partial charge >= 0.3 is 12.1 Å². The van der Waals surface area contributed by atoms with Crippen molar-refractivity contribution in [3.63, 3.8) is 0 Å². The molecular formula is C24H31F2N3O6. The molecule has 1 fully saturated rings. The summed E-state index contributed by atoms with van der Waals surface area (Å²) in [5.74, 6) is -0.371. The van der Waals surface area contributed by atoms with Gasteiger partial charge in [0.2, 0.25) is 0 Å². The van der Waals surface area contributed by atoms with Crippen LogP contribution in [0.25, 0.3) is 11.5 Å². The smallest absolute Gasteiger partial charge is 0.410 e. The summed E-state index contributed by atoms with van der Waals surface area (Å²) in [5, 5.41) is 13.2. The van der Waals surface area contributed by atoms with Crippen molar-refractivity contribution in [2.45, 2.75) is 78.1 Å². The van der Waals surface area contributed by atoms with Gasteiger partial charge in [-0.1, -0.05) is 5.16 Å². The Kier molecular flexibility index (Phi) is 7.97. The Morgan fingerprint density at radius 2 is 1.97 bits per heavy atom. The van der Waals surface area contributed by atoms with E-state index in [1.54, 1.807) is 26.0 Å². The van der Waals surface area contributed by atoms with Gasteiger partial charge in [0.05, 0.1) is 29.0 Å². The molecule has 0 unspecified atom stereocenters. The standard InChI is InChI=1S/C24H31F2N3O6/c1-13-17(12-33-23(32)29(5)24(3,4)22(25)26)20(35-28-13)18-9-10-19(14(2)27-18)34-16-8-6-7-15(11-16)21(30)31/h9-10,15-16,22H,6-8,11-12H2,1-5H3,(H,30,31)/t15-,16-/m0/s1. The molecule has 2 aromatic rings. The number of pyridine rings is 1. The van der Waals surface area contributed by atoms with Crippen molar-refractivity contribution < 1.29 is 37.5 Å². The molecule has 2 heterocycles. The number of amides is 1. The molecule has 0 aromatic carbocycles. The molecule has 2 aromatic heterocycles. The van der Waals surface area contributed by atoms with E-state index in [-0.39, 0.29) is 12.7 Å². The third-order valence-electron chi connectivity index (χ3n) is 6.54. The summed E-state index contributed by atoms with van der Waals surface area (Å²) in [4.78, 5) is 29.1. The van der Waals surface area contributed by atoms with E-state index in [4.69, 9.17) is 14.0 Å². The summed E-state index contributed by atoms with van der Waals surface area (Å²) in [6, 6.07) is 3.41. The maximum absolute atomic E-state index is 13.2. The van der Waals surface area contributed by atoms with Gasteiger partial charge in [-0.3, -0.25) is 4.79 Å². The molecule has 192 valence electrons. The Morgan fingerprint density at radius 1 is 1.26 bits per heavy atom. The molecule has 11 heteroatoms. The molecule has 1 N–H and O–H groups in total. The highest BCUT2D eigenvalue weighted by molar-refractivity contribution is 5.70. The van der Waals surface area contributed by atoms with E-state index in [1.165, 1.54) is 20.9 Å². The lowest BCUT2D eigenvalue weighted by atomic mass is 9.87. The topological polar surface area (TPSA) is 115 Å². The summed E-state index contributed by atoms with van der Waals surface area (Å²) in [5.41, 5.74) is 0.273. The molecule has 35 heavy (non-hydrogen) atoms. The molecule has 1 amide bonds. The van der Waals surface area contributed by atoms with Crippen LogP contribution in [-0.4, -0.2) is 57.3 Å². The molecule has 2 atom stereocenters. The fourth-order valence-electron chi connectivity index (χ4n) is 3.83. The molecule has 0 spiro atoms. The van der Waals surface area contributed by atoms with E-state index in [0.717, 1.165) is 17.7 Å². The van der Waals surface area contributed by atoms with Crippen molar-refractivity contribution in [3.05, 3.63) is 29.1 Å². The number of nitrogens with zero attached hydrogens (tertiary/aromatic N) is 3. The maximum Gasteiger partial charge on any atom is 0.410 e. The van der Waals surface area contributed by atoms with Crippen LogP contribution >= 0.6 is 0 Å². The maximum atomic E-state index is 13.2. The van der Waals surface area contributed by atoms with Gasteiger partial charge in [0.1, 0.15) is 23.6 Å². The number of halogens is 2. The first-order chi connectivity index (χ1) is 16.4. The molecule has 9 nitrogen and oxygen atoms in total. The van der Waals surface area contributed by atoms with Crippen molar-refractivity contribution in [3.8, 4) is 17.2 Å². The summed E-state index contributed by atoms with van der Waals surface area (Å²) < 4.78 is 43.2. The fourth-order valence-corrected chi connectivity index (χ4v) is 3.83. The Labute approximate surface area is 202 Å². The number of aromatic nitrogens is 2. The first-order valence-electron chi connectivity index (χ1n) is 11.4. The normalized spacial score (nSPS) is 18.4. The Bertz CT molecular complexity index is 1070. The number of carboxylic acid groups (broad SMARTS) is 1. The van der Waals surface area contributed by atoms with Crippen LogP contribution in [0.5, 0.6) is 5.75 Å². The van der Waals surface area contributed by atoms with E-state index in [2.05, 4.69) is 10.1 Å². The lowest BCUT2D eigenvalue weighted by Gasteiger charge is -2.33. The van der Waals surface area contributed by atoms with Crippen LogP contribution in [-0.2, 0) is 16.1 Å². The number of hydrogen-bond acceptors (Lipinski definition) is 7. The van der Waals surface area contributed by atoms with E-state index < -0.39 is 29.9 Å². The van der Waals surface area contributed by atoms with Crippen LogP contribution < -0.4 is 4.74 Å². The molecule has 1 aliphatic carbocycles. The second-order valence-electron chi connectivity index (χ2n) is 9.37. The van der Waals surface area contributed by atoms with Crippen molar-refractivity contribution in [1.82, 2.24) is 15.0 Å². The predicted octanol–water partition coefficient (Wildman–Crippen LogP) is 4.99. The highest BCUT2D eigenvalue weighted by Crippen LogP contribution is 2.32. The lowest BCUT2D eigenvalue weighted by molar-refractivity contribution is -0.143. The number of aliphatic carboxylic acids is 1. The fraction of sp³-hybridized carbons (Fsp3) is 0.583. The van der Waals surface area contributed by atoms with Crippen molar-refractivity contribution in [2.75, 3.05) is 7.05 Å². The van der Waals surface area contributed by atoms with Crippen LogP contribution in [0.4, 0.5) is 13.6 Å². The highest BCUT2D eigenvalue weighted by Gasteiger charge is 2.38. The minimum atomic E-state index is -2.75. The number of hydrogen-bond donors (Lipinski definition) is 1. The molecule has 1 saturated carbocycles. The van der Waals surface area contributed by atoms with Crippen molar-refractivity contribution in [1.29, 1.82) is 0 Å². The van der Waals surface area contributed by atoms with E-state index in [0.29, 0.717) is 47.0 Å². The first kappa shape index (κ1) is 26.4. The molecule has 0 saturated heterocycles. The van der Waals surface area contributed by atoms with E-state index >= 15 is 0 Å². The summed E-state index contributed by atoms with van der Waals surface area (Å²) in [6.07, 6.45) is -1.18. The second-order valence-corrected chi connectivity index (χ2v) is 9.37. The summed E-state index contributed by atoms with van der Waals surface area (Å²) >= 11 is 0. The zero-order valence-corrected chi connectivity index (χ0v) is 20.5. The molecule has 0 aliphatic heterocycles. The number of rotatable bonds is 8. The Morgan fingerprint density at radius 3 is 2.60 bits per heavy atom. The number of carbonyl (C=O) groups is 2.